The van der Waals surface area contributed by atoms with Gasteiger partial charge in [0.25, 0.3) is 0 Å². The maximum absolute atomic E-state index is 12.5. The van der Waals surface area contributed by atoms with E-state index in [4.69, 9.17) is 5.11 Å². The van der Waals surface area contributed by atoms with Crippen molar-refractivity contribution in [1.29, 1.82) is 0 Å². The number of rotatable bonds is 5. The van der Waals surface area contributed by atoms with Gasteiger partial charge in [0, 0.05) is 17.6 Å². The van der Waals surface area contributed by atoms with Crippen LogP contribution in [0.15, 0.2) is 28.7 Å². The monoisotopic (exact) mass is 339 g/mol. The molecule has 106 valence electrons. The molecule has 0 spiro atoms. The molecule has 0 fully saturated rings. The minimum atomic E-state index is -4.74. The van der Waals surface area contributed by atoms with Crippen LogP contribution in [-0.4, -0.2) is 35.7 Å². The molecule has 0 aliphatic heterocycles. The number of hydrogen-bond donors (Lipinski definition) is 1. The zero-order valence-corrected chi connectivity index (χ0v) is 11.7. The van der Waals surface area contributed by atoms with Gasteiger partial charge in [0.15, 0.2) is 5.92 Å². The molecule has 0 radical (unpaired) electrons. The summed E-state index contributed by atoms with van der Waals surface area (Å²) in [6, 6.07) is 7.12. The number of carboxylic acids is 1. The molecule has 0 saturated heterocycles. The van der Waals surface area contributed by atoms with E-state index < -0.39 is 24.6 Å². The van der Waals surface area contributed by atoms with E-state index in [9.17, 15) is 18.0 Å². The lowest BCUT2D eigenvalue weighted by Gasteiger charge is -2.23. The summed E-state index contributed by atoms with van der Waals surface area (Å²) in [5.74, 6) is -4.22. The lowest BCUT2D eigenvalue weighted by atomic mass is 10.1. The van der Waals surface area contributed by atoms with Gasteiger partial charge in [-0.1, -0.05) is 28.1 Å². The number of halogens is 4. The van der Waals surface area contributed by atoms with Crippen LogP contribution in [0.1, 0.15) is 5.56 Å². The minimum Gasteiger partial charge on any atom is -0.481 e. The third-order valence-electron chi connectivity index (χ3n) is 2.53. The van der Waals surface area contributed by atoms with Crippen molar-refractivity contribution in [1.82, 2.24) is 4.90 Å². The van der Waals surface area contributed by atoms with Gasteiger partial charge in [-0.25, -0.2) is 0 Å². The van der Waals surface area contributed by atoms with E-state index in [0.717, 1.165) is 10.0 Å². The maximum Gasteiger partial charge on any atom is 0.403 e. The number of aliphatic carboxylic acids is 1. The zero-order valence-electron chi connectivity index (χ0n) is 10.1. The molecular formula is C12H13BrF3NO2. The average molecular weight is 340 g/mol. The summed E-state index contributed by atoms with van der Waals surface area (Å²) >= 11 is 3.27. The van der Waals surface area contributed by atoms with Crippen LogP contribution in [0.3, 0.4) is 0 Å². The summed E-state index contributed by atoms with van der Waals surface area (Å²) in [6.07, 6.45) is -4.74. The van der Waals surface area contributed by atoms with Gasteiger partial charge in [-0.15, -0.1) is 0 Å². The van der Waals surface area contributed by atoms with Gasteiger partial charge in [-0.2, -0.15) is 13.2 Å². The first-order chi connectivity index (χ1) is 8.70. The third kappa shape index (κ3) is 5.20. The van der Waals surface area contributed by atoms with Crippen molar-refractivity contribution in [2.24, 2.45) is 5.92 Å². The van der Waals surface area contributed by atoms with Gasteiger partial charge in [0.2, 0.25) is 0 Å². The lowest BCUT2D eigenvalue weighted by molar-refractivity contribution is -0.196. The number of nitrogens with zero attached hydrogens (tertiary/aromatic N) is 1. The van der Waals surface area contributed by atoms with E-state index in [0.29, 0.717) is 0 Å². The number of carbonyl (C=O) groups is 1. The van der Waals surface area contributed by atoms with Crippen molar-refractivity contribution in [2.75, 3.05) is 13.6 Å². The third-order valence-corrected chi connectivity index (χ3v) is 3.02. The molecule has 1 N–H and O–H groups in total. The van der Waals surface area contributed by atoms with Gasteiger partial charge >= 0.3 is 12.1 Å². The second-order valence-corrected chi connectivity index (χ2v) is 5.17. The zero-order chi connectivity index (χ0) is 14.6. The first-order valence-electron chi connectivity index (χ1n) is 5.42. The SMILES string of the molecule is CN(Cc1cccc(Br)c1)CC(C(=O)O)C(F)(F)F. The Bertz CT molecular complexity index is 451. The molecule has 1 aromatic rings. The molecule has 0 bridgehead atoms. The highest BCUT2D eigenvalue weighted by molar-refractivity contribution is 9.10. The second kappa shape index (κ2) is 6.38. The quantitative estimate of drug-likeness (QED) is 0.895. The van der Waals surface area contributed by atoms with E-state index >= 15 is 0 Å². The Hall–Kier alpha value is -1.08. The van der Waals surface area contributed by atoms with Crippen LogP contribution in [0, 0.1) is 5.92 Å². The van der Waals surface area contributed by atoms with Crippen LogP contribution >= 0.6 is 15.9 Å². The number of carboxylic acid groups (broad SMARTS) is 1. The molecule has 1 aromatic carbocycles. The largest absolute Gasteiger partial charge is 0.481 e. The Kier molecular flexibility index (Phi) is 5.37. The Morgan fingerprint density at radius 3 is 2.58 bits per heavy atom. The molecule has 1 rings (SSSR count). The van der Waals surface area contributed by atoms with Crippen LogP contribution < -0.4 is 0 Å². The Morgan fingerprint density at radius 2 is 2.11 bits per heavy atom. The standard InChI is InChI=1S/C12H13BrF3NO2/c1-17(6-8-3-2-4-9(13)5-8)7-10(11(18)19)12(14,15)16/h2-5,10H,6-7H2,1H3,(H,18,19). The first kappa shape index (κ1) is 16.0. The highest BCUT2D eigenvalue weighted by Gasteiger charge is 2.45. The van der Waals surface area contributed by atoms with E-state index in [1.54, 1.807) is 24.3 Å². The van der Waals surface area contributed by atoms with Crippen LogP contribution in [0.25, 0.3) is 0 Å². The topological polar surface area (TPSA) is 40.5 Å². The van der Waals surface area contributed by atoms with E-state index in [1.165, 1.54) is 11.9 Å². The number of hydrogen-bond acceptors (Lipinski definition) is 2. The normalized spacial score (nSPS) is 13.6. The molecule has 19 heavy (non-hydrogen) atoms. The first-order valence-corrected chi connectivity index (χ1v) is 6.22. The van der Waals surface area contributed by atoms with Crippen LogP contribution in [0.4, 0.5) is 13.2 Å². The minimum absolute atomic E-state index is 0.249. The van der Waals surface area contributed by atoms with Crippen LogP contribution in [0.2, 0.25) is 0 Å². The highest BCUT2D eigenvalue weighted by atomic mass is 79.9. The van der Waals surface area contributed by atoms with Gasteiger partial charge in [0.05, 0.1) is 0 Å². The van der Waals surface area contributed by atoms with Crippen molar-refractivity contribution >= 4 is 21.9 Å². The molecule has 0 aliphatic rings. The number of benzene rings is 1. The van der Waals surface area contributed by atoms with E-state index in [-0.39, 0.29) is 6.54 Å². The molecule has 0 heterocycles. The van der Waals surface area contributed by atoms with Crippen molar-refractivity contribution in [3.8, 4) is 0 Å². The smallest absolute Gasteiger partial charge is 0.403 e. The van der Waals surface area contributed by atoms with Crippen molar-refractivity contribution in [2.45, 2.75) is 12.7 Å². The summed E-state index contributed by atoms with van der Waals surface area (Å²) in [5, 5.41) is 8.61. The fourth-order valence-corrected chi connectivity index (χ4v) is 2.09. The molecule has 0 saturated carbocycles. The summed E-state index contributed by atoms with van der Waals surface area (Å²) < 4.78 is 38.4. The molecule has 1 atom stereocenters. The van der Waals surface area contributed by atoms with Crippen LogP contribution in [-0.2, 0) is 11.3 Å². The van der Waals surface area contributed by atoms with E-state index in [2.05, 4.69) is 15.9 Å². The maximum atomic E-state index is 12.5. The second-order valence-electron chi connectivity index (χ2n) is 4.26. The van der Waals surface area contributed by atoms with Gasteiger partial charge in [0.1, 0.15) is 0 Å². The molecule has 0 aliphatic carbocycles. The van der Waals surface area contributed by atoms with Gasteiger partial charge in [-0.3, -0.25) is 4.79 Å². The predicted molar refractivity (Wildman–Crippen MR) is 67.7 cm³/mol. The fraction of sp³-hybridized carbons (Fsp3) is 0.417. The highest BCUT2D eigenvalue weighted by Crippen LogP contribution is 2.27. The summed E-state index contributed by atoms with van der Waals surface area (Å²) in [6.45, 7) is -0.329. The fourth-order valence-electron chi connectivity index (χ4n) is 1.64. The number of alkyl halides is 3. The molecule has 0 aromatic heterocycles. The average Bonchev–Trinajstić information content (AvgIpc) is 2.24. The molecular weight excluding hydrogens is 327 g/mol. The predicted octanol–water partition coefficient (Wildman–Crippen LogP) is 3.14. The summed E-state index contributed by atoms with van der Waals surface area (Å²) in [5.41, 5.74) is 0.809. The van der Waals surface area contributed by atoms with Gasteiger partial charge in [-0.05, 0) is 24.7 Å². The Balaban J connectivity index is 2.68. The van der Waals surface area contributed by atoms with Gasteiger partial charge < -0.3 is 10.0 Å². The Morgan fingerprint density at radius 1 is 1.47 bits per heavy atom. The van der Waals surface area contributed by atoms with Crippen molar-refractivity contribution in [3.05, 3.63) is 34.3 Å². The van der Waals surface area contributed by atoms with Crippen molar-refractivity contribution in [3.63, 3.8) is 0 Å². The molecule has 7 heteroatoms. The molecule has 3 nitrogen and oxygen atoms in total. The van der Waals surface area contributed by atoms with E-state index in [1.807, 2.05) is 0 Å². The summed E-state index contributed by atoms with van der Waals surface area (Å²) in [7, 11) is 1.46. The molecule has 1 unspecified atom stereocenters. The Labute approximate surface area is 117 Å². The van der Waals surface area contributed by atoms with Crippen molar-refractivity contribution < 1.29 is 23.1 Å². The molecule has 0 amide bonds. The lowest BCUT2D eigenvalue weighted by Crippen LogP contribution is -2.39. The summed E-state index contributed by atoms with van der Waals surface area (Å²) in [4.78, 5) is 12.0. The van der Waals surface area contributed by atoms with Crippen LogP contribution in [0.5, 0.6) is 0 Å².